The molecule has 2 aromatic rings. The fraction of sp³-hybridized carbons (Fsp3) is 0.316. The van der Waals surface area contributed by atoms with Crippen LogP contribution in [-0.2, 0) is 4.79 Å². The number of piperidine rings is 1. The van der Waals surface area contributed by atoms with Crippen molar-refractivity contribution in [2.45, 2.75) is 32.2 Å². The Kier molecular flexibility index (Phi) is 5.90. The smallest absolute Gasteiger partial charge is 0.455 e. The van der Waals surface area contributed by atoms with Crippen molar-refractivity contribution in [2.24, 2.45) is 0 Å². The molecule has 1 fully saturated rings. The number of alkyl halides is 3. The van der Waals surface area contributed by atoms with Crippen molar-refractivity contribution in [3.63, 3.8) is 0 Å². The topological polar surface area (TPSA) is 89.6 Å². The lowest BCUT2D eigenvalue weighted by Crippen LogP contribution is -2.45. The Hall–Kier alpha value is -3.30. The van der Waals surface area contributed by atoms with Crippen molar-refractivity contribution in [1.82, 2.24) is 15.6 Å². The maximum absolute atomic E-state index is 12.8. The zero-order valence-corrected chi connectivity index (χ0v) is 15.4. The van der Waals surface area contributed by atoms with Crippen molar-refractivity contribution in [3.8, 4) is 17.2 Å². The number of rotatable bonds is 5. The number of pyridine rings is 1. The first kappa shape index (κ1) is 20.4. The minimum Gasteiger partial charge on any atom is -0.455 e. The average Bonchev–Trinajstić information content (AvgIpc) is 2.63. The summed E-state index contributed by atoms with van der Waals surface area (Å²) in [6, 6.07) is 6.04. The van der Waals surface area contributed by atoms with Gasteiger partial charge >= 0.3 is 6.36 Å². The van der Waals surface area contributed by atoms with Crippen LogP contribution in [0.5, 0.6) is 17.2 Å². The van der Waals surface area contributed by atoms with Gasteiger partial charge in [-0.15, -0.1) is 13.2 Å². The number of aryl methyl sites for hydroxylation is 1. The number of hydrogen-bond donors (Lipinski definition) is 2. The van der Waals surface area contributed by atoms with Gasteiger partial charge in [0.1, 0.15) is 17.2 Å². The second kappa shape index (κ2) is 8.38. The van der Waals surface area contributed by atoms with E-state index in [9.17, 15) is 22.8 Å². The number of aromatic nitrogens is 1. The van der Waals surface area contributed by atoms with E-state index < -0.39 is 24.1 Å². The van der Waals surface area contributed by atoms with Crippen LogP contribution < -0.4 is 20.1 Å². The molecule has 1 aliphatic heterocycles. The molecule has 0 aliphatic carbocycles. The van der Waals surface area contributed by atoms with Crippen LogP contribution in [0.25, 0.3) is 0 Å². The lowest BCUT2D eigenvalue weighted by atomic mass is 10.0. The molecule has 1 aromatic heterocycles. The number of carbonyl (C=O) groups is 2. The van der Waals surface area contributed by atoms with E-state index in [2.05, 4.69) is 20.4 Å². The largest absolute Gasteiger partial charge is 0.573 e. The first-order valence-electron chi connectivity index (χ1n) is 8.78. The average molecular weight is 409 g/mol. The molecule has 0 radical (unpaired) electrons. The summed E-state index contributed by atoms with van der Waals surface area (Å²) < 4.78 is 47.4. The van der Waals surface area contributed by atoms with E-state index in [0.29, 0.717) is 24.4 Å². The fourth-order valence-electron chi connectivity index (χ4n) is 2.84. The summed E-state index contributed by atoms with van der Waals surface area (Å²) in [6.07, 6.45) is -2.75. The van der Waals surface area contributed by atoms with Gasteiger partial charge in [-0.2, -0.15) is 0 Å². The Bertz CT molecular complexity index is 918. The van der Waals surface area contributed by atoms with Gasteiger partial charge in [0.15, 0.2) is 0 Å². The molecule has 0 spiro atoms. The third-order valence-corrected chi connectivity index (χ3v) is 4.19. The van der Waals surface area contributed by atoms with E-state index in [1.54, 1.807) is 25.3 Å². The lowest BCUT2D eigenvalue weighted by molar-refractivity contribution is -0.274. The Morgan fingerprint density at radius 3 is 2.76 bits per heavy atom. The van der Waals surface area contributed by atoms with E-state index in [4.69, 9.17) is 4.74 Å². The molecule has 3 rings (SSSR count). The van der Waals surface area contributed by atoms with Gasteiger partial charge in [-0.25, -0.2) is 0 Å². The molecule has 1 aliphatic rings. The summed E-state index contributed by atoms with van der Waals surface area (Å²) in [5.74, 6) is -1.05. The fourth-order valence-corrected chi connectivity index (χ4v) is 2.84. The second-order valence-corrected chi connectivity index (χ2v) is 6.41. The lowest BCUT2D eigenvalue weighted by Gasteiger charge is -2.23. The van der Waals surface area contributed by atoms with Gasteiger partial charge in [0, 0.05) is 25.2 Å². The molecule has 7 nitrogen and oxygen atoms in total. The van der Waals surface area contributed by atoms with Gasteiger partial charge in [0.25, 0.3) is 5.91 Å². The predicted octanol–water partition coefficient (Wildman–Crippen LogP) is 3.09. The molecular weight excluding hydrogens is 391 g/mol. The summed E-state index contributed by atoms with van der Waals surface area (Å²) in [5.41, 5.74) is 0.388. The summed E-state index contributed by atoms with van der Waals surface area (Å²) >= 11 is 0. The van der Waals surface area contributed by atoms with Crippen LogP contribution in [0.15, 0.2) is 36.5 Å². The van der Waals surface area contributed by atoms with Crippen LogP contribution in [0.3, 0.4) is 0 Å². The second-order valence-electron chi connectivity index (χ2n) is 6.41. The molecule has 10 heteroatoms. The number of carbonyl (C=O) groups excluding carboxylic acids is 2. The van der Waals surface area contributed by atoms with E-state index in [-0.39, 0.29) is 23.6 Å². The van der Waals surface area contributed by atoms with Crippen molar-refractivity contribution >= 4 is 11.8 Å². The molecule has 2 amide bonds. The molecule has 154 valence electrons. The molecule has 0 bridgehead atoms. The van der Waals surface area contributed by atoms with Gasteiger partial charge in [-0.3, -0.25) is 14.6 Å². The van der Waals surface area contributed by atoms with Crippen molar-refractivity contribution in [1.29, 1.82) is 0 Å². The number of amides is 2. The van der Waals surface area contributed by atoms with Gasteiger partial charge in [0.2, 0.25) is 5.91 Å². The number of halogens is 3. The number of nitrogens with zero attached hydrogens (tertiary/aromatic N) is 1. The van der Waals surface area contributed by atoms with Crippen LogP contribution in [0.1, 0.15) is 28.9 Å². The van der Waals surface area contributed by atoms with E-state index in [1.165, 1.54) is 6.07 Å². The first-order chi connectivity index (χ1) is 13.7. The third-order valence-electron chi connectivity index (χ3n) is 4.19. The third kappa shape index (κ3) is 5.59. The predicted molar refractivity (Wildman–Crippen MR) is 95.7 cm³/mol. The number of ether oxygens (including phenoxy) is 2. The van der Waals surface area contributed by atoms with Crippen LogP contribution in [0, 0.1) is 6.92 Å². The van der Waals surface area contributed by atoms with Crippen LogP contribution in [-0.4, -0.2) is 35.7 Å². The SMILES string of the molecule is Cc1ncccc1Oc1ccc(OC(F)(F)F)cc1C(=O)NC1CCNC(=O)C1. The van der Waals surface area contributed by atoms with Gasteiger partial charge in [-0.1, -0.05) is 0 Å². The maximum Gasteiger partial charge on any atom is 0.573 e. The molecule has 29 heavy (non-hydrogen) atoms. The van der Waals surface area contributed by atoms with Crippen LogP contribution in [0.4, 0.5) is 13.2 Å². The van der Waals surface area contributed by atoms with E-state index in [1.807, 2.05) is 0 Å². The highest BCUT2D eigenvalue weighted by molar-refractivity contribution is 5.98. The van der Waals surface area contributed by atoms with E-state index in [0.717, 1.165) is 12.1 Å². The van der Waals surface area contributed by atoms with Crippen LogP contribution in [0.2, 0.25) is 0 Å². The summed E-state index contributed by atoms with van der Waals surface area (Å²) in [4.78, 5) is 28.3. The van der Waals surface area contributed by atoms with Crippen molar-refractivity contribution in [2.75, 3.05) is 6.54 Å². The number of hydrogen-bond acceptors (Lipinski definition) is 5. The highest BCUT2D eigenvalue weighted by atomic mass is 19.4. The Morgan fingerprint density at radius 2 is 2.07 bits per heavy atom. The molecule has 1 unspecified atom stereocenters. The summed E-state index contributed by atoms with van der Waals surface area (Å²) in [7, 11) is 0. The highest BCUT2D eigenvalue weighted by Crippen LogP contribution is 2.32. The van der Waals surface area contributed by atoms with Gasteiger partial charge in [0.05, 0.1) is 11.3 Å². The minimum atomic E-state index is -4.91. The molecule has 1 atom stereocenters. The molecular formula is C19H18F3N3O4. The molecule has 2 N–H and O–H groups in total. The minimum absolute atomic E-state index is 0.0355. The number of nitrogens with one attached hydrogen (secondary N) is 2. The Morgan fingerprint density at radius 1 is 1.28 bits per heavy atom. The Balaban J connectivity index is 1.89. The zero-order valence-electron chi connectivity index (χ0n) is 15.4. The Labute approximate surface area is 164 Å². The van der Waals surface area contributed by atoms with Gasteiger partial charge in [-0.05, 0) is 43.7 Å². The summed E-state index contributed by atoms with van der Waals surface area (Å²) in [6.45, 7) is 2.09. The molecule has 1 saturated heterocycles. The summed E-state index contributed by atoms with van der Waals surface area (Å²) in [5, 5.41) is 5.31. The monoisotopic (exact) mass is 409 g/mol. The number of benzene rings is 1. The van der Waals surface area contributed by atoms with Crippen molar-refractivity contribution in [3.05, 3.63) is 47.8 Å². The van der Waals surface area contributed by atoms with Crippen LogP contribution >= 0.6 is 0 Å². The van der Waals surface area contributed by atoms with E-state index >= 15 is 0 Å². The van der Waals surface area contributed by atoms with Gasteiger partial charge < -0.3 is 20.1 Å². The molecule has 1 aromatic carbocycles. The van der Waals surface area contributed by atoms with Crippen molar-refractivity contribution < 1.29 is 32.2 Å². The standard InChI is InChI=1S/C19H18F3N3O4/c1-11-15(3-2-7-23-11)28-16-5-4-13(29-19(20,21)22)10-14(16)18(27)25-12-6-8-24-17(26)9-12/h2-5,7,10,12H,6,8-9H2,1H3,(H,24,26)(H,25,27). The molecule has 0 saturated carbocycles. The quantitative estimate of drug-likeness (QED) is 0.792. The normalized spacial score (nSPS) is 16.7. The zero-order chi connectivity index (χ0) is 21.0. The maximum atomic E-state index is 12.8. The molecule has 2 heterocycles. The highest BCUT2D eigenvalue weighted by Gasteiger charge is 2.32. The first-order valence-corrected chi connectivity index (χ1v) is 8.78.